The fourth-order valence-electron chi connectivity index (χ4n) is 2.35. The molecule has 0 aliphatic rings. The van der Waals surface area contributed by atoms with Crippen LogP contribution in [-0.4, -0.2) is 53.5 Å². The molecule has 5 N–H and O–H groups in total. The molecule has 1 amide bonds. The molecule has 32 heavy (non-hydrogen) atoms. The first-order valence-electron chi connectivity index (χ1n) is 9.15. The van der Waals surface area contributed by atoms with Gasteiger partial charge in [-0.3, -0.25) is 4.79 Å². The number of aliphatic carboxylic acids is 1. The fourth-order valence-corrected chi connectivity index (χ4v) is 2.35. The summed E-state index contributed by atoms with van der Waals surface area (Å²) >= 11 is 0. The highest BCUT2D eigenvalue weighted by Gasteiger charge is 2.38. The topological polar surface area (TPSA) is 139 Å². The summed E-state index contributed by atoms with van der Waals surface area (Å²) in [5, 5.41) is 19.1. The molecule has 8 nitrogen and oxygen atoms in total. The van der Waals surface area contributed by atoms with E-state index in [9.17, 15) is 27.9 Å². The molecule has 0 fully saturated rings. The van der Waals surface area contributed by atoms with Crippen LogP contribution >= 0.6 is 0 Å². The van der Waals surface area contributed by atoms with Gasteiger partial charge >= 0.3 is 18.1 Å². The average molecular weight is 456 g/mol. The van der Waals surface area contributed by atoms with Gasteiger partial charge in [0.1, 0.15) is 6.04 Å². The molecule has 0 saturated heterocycles. The summed E-state index contributed by atoms with van der Waals surface area (Å²) in [5.74, 6) is -4.00. The third kappa shape index (κ3) is 8.00. The van der Waals surface area contributed by atoms with Crippen LogP contribution in [0.5, 0.6) is 0 Å². The minimum absolute atomic E-state index is 0.567. The average Bonchev–Trinajstić information content (AvgIpc) is 2.76. The highest BCUT2D eigenvalue weighted by atomic mass is 19.4. The predicted octanol–water partition coefficient (Wildman–Crippen LogP) is 2.03. The zero-order chi connectivity index (χ0) is 24.5. The van der Waals surface area contributed by atoms with E-state index in [2.05, 4.69) is 5.32 Å². The lowest BCUT2D eigenvalue weighted by atomic mass is 10.0. The number of halogens is 3. The van der Waals surface area contributed by atoms with Gasteiger partial charge in [0.2, 0.25) is 5.91 Å². The molecule has 0 aromatic heterocycles. The number of carbonyl (C=O) groups excluding carboxylic acids is 2. The van der Waals surface area contributed by atoms with Gasteiger partial charge in [-0.2, -0.15) is 13.2 Å². The normalized spacial score (nSPS) is 13.6. The summed E-state index contributed by atoms with van der Waals surface area (Å²) in [5.41, 5.74) is 8.21. The van der Waals surface area contributed by atoms with Crippen molar-refractivity contribution in [1.82, 2.24) is 5.32 Å². The summed E-state index contributed by atoms with van der Waals surface area (Å²) < 4.78 is 36.5. The van der Waals surface area contributed by atoms with Crippen LogP contribution in [0, 0.1) is 0 Å². The summed E-state index contributed by atoms with van der Waals surface area (Å²) in [4.78, 5) is 33.0. The molecule has 0 aliphatic heterocycles. The number of ether oxygens (including phenoxy) is 1. The molecule has 2 rings (SSSR count). The van der Waals surface area contributed by atoms with Crippen molar-refractivity contribution in [1.29, 1.82) is 0 Å². The second-order valence-corrected chi connectivity index (χ2v) is 6.52. The predicted molar refractivity (Wildman–Crippen MR) is 108 cm³/mol. The number of hydrogen-bond donors (Lipinski definition) is 4. The molecule has 2 aromatic carbocycles. The van der Waals surface area contributed by atoms with E-state index >= 15 is 0 Å². The van der Waals surface area contributed by atoms with Gasteiger partial charge in [0.05, 0.1) is 13.2 Å². The number of aliphatic hydroxyl groups is 1. The van der Waals surface area contributed by atoms with Crippen LogP contribution in [0.2, 0.25) is 0 Å². The number of rotatable bonds is 6. The molecule has 1 unspecified atom stereocenters. The number of carbonyl (C=O) groups is 3. The molecule has 0 bridgehead atoms. The van der Waals surface area contributed by atoms with Crippen molar-refractivity contribution in [2.45, 2.75) is 31.3 Å². The van der Waals surface area contributed by atoms with Crippen molar-refractivity contribution >= 4 is 17.8 Å². The third-order valence-corrected chi connectivity index (χ3v) is 4.14. The van der Waals surface area contributed by atoms with Crippen LogP contribution in [-0.2, 0) is 19.1 Å². The number of nitrogens with one attached hydrogen (secondary N) is 1. The Morgan fingerprint density at radius 3 is 1.88 bits per heavy atom. The first kappa shape index (κ1) is 26.6. The Kier molecular flexibility index (Phi) is 9.82. The number of alkyl halides is 3. The summed E-state index contributed by atoms with van der Waals surface area (Å²) in [6, 6.07) is 14.9. The molecular weight excluding hydrogens is 433 g/mol. The second kappa shape index (κ2) is 11.8. The van der Waals surface area contributed by atoms with E-state index in [-0.39, 0.29) is 0 Å². The maximum Gasteiger partial charge on any atom is 0.490 e. The quantitative estimate of drug-likeness (QED) is 0.488. The van der Waals surface area contributed by atoms with E-state index in [0.717, 1.165) is 11.1 Å². The molecule has 3 atom stereocenters. The van der Waals surface area contributed by atoms with Gasteiger partial charge in [-0.05, 0) is 23.6 Å². The van der Waals surface area contributed by atoms with Crippen molar-refractivity contribution in [2.75, 3.05) is 7.11 Å². The van der Waals surface area contributed by atoms with E-state index in [1.807, 2.05) is 42.5 Å². The zero-order valence-electron chi connectivity index (χ0n) is 17.2. The summed E-state index contributed by atoms with van der Waals surface area (Å²) in [6.45, 7) is 1.41. The van der Waals surface area contributed by atoms with Crippen LogP contribution in [0.25, 0.3) is 11.1 Å². The van der Waals surface area contributed by atoms with Gasteiger partial charge in [0.15, 0.2) is 6.04 Å². The van der Waals surface area contributed by atoms with Gasteiger partial charge < -0.3 is 26.0 Å². The van der Waals surface area contributed by atoms with E-state index < -0.39 is 42.2 Å². The number of carboxylic acid groups (broad SMARTS) is 1. The lowest BCUT2D eigenvalue weighted by molar-refractivity contribution is -0.192. The molecule has 0 saturated carbocycles. The molecule has 11 heteroatoms. The van der Waals surface area contributed by atoms with Crippen LogP contribution in [0.3, 0.4) is 0 Å². The minimum atomic E-state index is -5.08. The van der Waals surface area contributed by atoms with Crippen molar-refractivity contribution in [2.24, 2.45) is 5.73 Å². The van der Waals surface area contributed by atoms with E-state index in [4.69, 9.17) is 20.4 Å². The van der Waals surface area contributed by atoms with Gasteiger partial charge in [-0.25, -0.2) is 9.59 Å². The SMILES string of the molecule is COC(=O)C(NC(=O)[C@@H](N)[C@@H](C)O)c1ccc(-c2ccccc2)cc1.O=C(O)C(F)(F)F. The van der Waals surface area contributed by atoms with Crippen molar-refractivity contribution < 1.29 is 42.5 Å². The van der Waals surface area contributed by atoms with Gasteiger partial charge in [0, 0.05) is 0 Å². The Morgan fingerprint density at radius 2 is 1.47 bits per heavy atom. The maximum atomic E-state index is 12.1. The number of methoxy groups -OCH3 is 1. The lowest BCUT2D eigenvalue weighted by Gasteiger charge is -2.21. The monoisotopic (exact) mass is 456 g/mol. The molecule has 2 aromatic rings. The fraction of sp³-hybridized carbons (Fsp3) is 0.286. The van der Waals surface area contributed by atoms with Crippen LogP contribution in [0.15, 0.2) is 54.6 Å². The number of aliphatic hydroxyl groups excluding tert-OH is 1. The van der Waals surface area contributed by atoms with Crippen molar-refractivity contribution in [3.8, 4) is 11.1 Å². The Bertz CT molecular complexity index is 902. The number of esters is 1. The minimum Gasteiger partial charge on any atom is -0.475 e. The Balaban J connectivity index is 0.000000633. The second-order valence-electron chi connectivity index (χ2n) is 6.52. The zero-order valence-corrected chi connectivity index (χ0v) is 17.2. The van der Waals surface area contributed by atoms with E-state index in [1.165, 1.54) is 14.0 Å². The smallest absolute Gasteiger partial charge is 0.475 e. The van der Waals surface area contributed by atoms with Crippen LogP contribution in [0.4, 0.5) is 13.2 Å². The standard InChI is InChI=1S/C19H22N2O4.C2HF3O2/c1-12(22)16(20)18(23)21-17(19(24)25-2)15-10-8-14(9-11-15)13-6-4-3-5-7-13;3-2(4,5)1(6)7/h3-12,16-17,22H,20H2,1-2H3,(H,21,23);(H,6,7)/t12-,16+,17?;/m1./s1. The largest absolute Gasteiger partial charge is 0.490 e. The van der Waals surface area contributed by atoms with Gasteiger partial charge in [-0.1, -0.05) is 54.6 Å². The Labute approximate surface area is 181 Å². The summed E-state index contributed by atoms with van der Waals surface area (Å²) in [7, 11) is 1.24. The molecule has 174 valence electrons. The third-order valence-electron chi connectivity index (χ3n) is 4.14. The highest BCUT2D eigenvalue weighted by molar-refractivity contribution is 5.88. The first-order chi connectivity index (χ1) is 14.9. The van der Waals surface area contributed by atoms with Crippen LogP contribution in [0.1, 0.15) is 18.5 Å². The molecule has 0 radical (unpaired) electrons. The first-order valence-corrected chi connectivity index (χ1v) is 9.15. The lowest BCUT2D eigenvalue weighted by Crippen LogP contribution is -2.49. The van der Waals surface area contributed by atoms with Gasteiger partial charge in [0.25, 0.3) is 0 Å². The number of hydrogen-bond acceptors (Lipinski definition) is 6. The molecular formula is C21H23F3N2O6. The number of amides is 1. The van der Waals surface area contributed by atoms with Gasteiger partial charge in [-0.15, -0.1) is 0 Å². The Morgan fingerprint density at radius 1 is 1.00 bits per heavy atom. The number of carboxylic acids is 1. The number of nitrogens with two attached hydrogens (primary N) is 1. The number of benzene rings is 2. The molecule has 0 spiro atoms. The van der Waals surface area contributed by atoms with Crippen molar-refractivity contribution in [3.63, 3.8) is 0 Å². The van der Waals surface area contributed by atoms with Crippen LogP contribution < -0.4 is 11.1 Å². The maximum absolute atomic E-state index is 12.1. The Hall–Kier alpha value is -3.44. The molecule has 0 aliphatic carbocycles. The van der Waals surface area contributed by atoms with E-state index in [0.29, 0.717) is 5.56 Å². The summed E-state index contributed by atoms with van der Waals surface area (Å²) in [6.07, 6.45) is -6.11. The van der Waals surface area contributed by atoms with Crippen molar-refractivity contribution in [3.05, 3.63) is 60.2 Å². The molecule has 0 heterocycles. The van der Waals surface area contributed by atoms with E-state index in [1.54, 1.807) is 12.1 Å². The highest BCUT2D eigenvalue weighted by Crippen LogP contribution is 2.22.